The summed E-state index contributed by atoms with van der Waals surface area (Å²) in [5.41, 5.74) is 0. The van der Waals surface area contributed by atoms with Crippen molar-refractivity contribution in [3.05, 3.63) is 170 Å². The molecule has 0 amide bonds. The van der Waals surface area contributed by atoms with Gasteiger partial charge in [-0.2, -0.15) is 0 Å². The lowest BCUT2D eigenvalue weighted by atomic mass is 10.1. The van der Waals surface area contributed by atoms with Gasteiger partial charge in [0.2, 0.25) is 0 Å². The molecular weight excluding hydrogens is 913 g/mol. The summed E-state index contributed by atoms with van der Waals surface area (Å²) in [5, 5.41) is 0. The van der Waals surface area contributed by atoms with E-state index in [4.69, 9.17) is 14.2 Å². The fraction of sp³-hybridized carbons (Fsp3) is 0.544. The van der Waals surface area contributed by atoms with E-state index in [9.17, 15) is 14.4 Å². The van der Waals surface area contributed by atoms with Crippen molar-refractivity contribution in [2.45, 2.75) is 226 Å². The van der Waals surface area contributed by atoms with Gasteiger partial charge in [-0.1, -0.05) is 236 Å². The first-order valence-corrected chi connectivity index (χ1v) is 29.1. The number of carbonyl (C=O) groups excluding carboxylic acids is 3. The van der Waals surface area contributed by atoms with Crippen molar-refractivity contribution in [3.8, 4) is 0 Å². The molecule has 0 heterocycles. The van der Waals surface area contributed by atoms with E-state index in [1.807, 2.05) is 0 Å². The number of esters is 3. The average Bonchev–Trinajstić information content (AvgIpc) is 3.40. The molecule has 6 heteroatoms. The van der Waals surface area contributed by atoms with Crippen LogP contribution < -0.4 is 0 Å². The lowest BCUT2D eigenvalue weighted by Gasteiger charge is -2.18. The predicted octanol–water partition coefficient (Wildman–Crippen LogP) is 19.9. The molecular formula is C68H104O6. The molecule has 0 aliphatic carbocycles. The van der Waals surface area contributed by atoms with Gasteiger partial charge in [-0.05, 0) is 135 Å². The summed E-state index contributed by atoms with van der Waals surface area (Å²) in [7, 11) is 0. The fourth-order valence-electron chi connectivity index (χ4n) is 7.16. The quantitative estimate of drug-likeness (QED) is 0.0261. The van der Waals surface area contributed by atoms with Crippen LogP contribution in [-0.2, 0) is 28.6 Å². The molecule has 0 spiro atoms. The first-order valence-electron chi connectivity index (χ1n) is 29.1. The Morgan fingerprint density at radius 2 is 0.527 bits per heavy atom. The molecule has 0 radical (unpaired) electrons. The Labute approximate surface area is 453 Å². The Morgan fingerprint density at radius 3 is 0.851 bits per heavy atom. The highest BCUT2D eigenvalue weighted by Crippen LogP contribution is 2.12. The number of hydrogen-bond donors (Lipinski definition) is 0. The number of rotatable bonds is 50. The molecule has 412 valence electrons. The fourth-order valence-corrected chi connectivity index (χ4v) is 7.16. The lowest BCUT2D eigenvalue weighted by Crippen LogP contribution is -2.30. The smallest absolute Gasteiger partial charge is 0.306 e. The van der Waals surface area contributed by atoms with Gasteiger partial charge in [0.25, 0.3) is 0 Å². The number of allylic oxidation sites excluding steroid dienone is 28. The van der Waals surface area contributed by atoms with E-state index in [0.29, 0.717) is 12.8 Å². The van der Waals surface area contributed by atoms with Crippen molar-refractivity contribution in [1.29, 1.82) is 0 Å². The Morgan fingerprint density at radius 1 is 0.284 bits per heavy atom. The Hall–Kier alpha value is -5.23. The molecule has 0 saturated heterocycles. The molecule has 0 saturated carbocycles. The van der Waals surface area contributed by atoms with Crippen LogP contribution in [0.15, 0.2) is 170 Å². The molecule has 0 rings (SSSR count). The molecule has 0 bridgehead atoms. The maximum Gasteiger partial charge on any atom is 0.306 e. The van der Waals surface area contributed by atoms with Gasteiger partial charge in [-0.15, -0.1) is 0 Å². The molecule has 0 aromatic heterocycles. The largest absolute Gasteiger partial charge is 0.462 e. The van der Waals surface area contributed by atoms with Crippen LogP contribution in [0.5, 0.6) is 0 Å². The molecule has 0 aromatic rings. The summed E-state index contributed by atoms with van der Waals surface area (Å²) >= 11 is 0. The van der Waals surface area contributed by atoms with Gasteiger partial charge in [0.1, 0.15) is 13.2 Å². The molecule has 74 heavy (non-hydrogen) atoms. The second kappa shape index (κ2) is 60.3. The van der Waals surface area contributed by atoms with Gasteiger partial charge >= 0.3 is 17.9 Å². The standard InChI is InChI=1S/C68H104O6/c1-4-7-10-13-16-18-20-22-24-26-28-30-32-33-34-35-37-38-40-42-44-46-48-50-52-55-58-61-67(70)73-64-65(63-72-66(69)60-57-54-15-12-9-6-3)74-68(71)62-59-56-53-51-49-47-45-43-41-39-36-31-29-27-25-23-21-19-17-14-11-8-5-2/h7-8,10-11,16-19,22-25,28-31,33-34,37-39,41-42,44-45,47-48,50,65H,4-6,9,12-15,20-21,26-27,32,35-36,40,43,46,49,51-64H2,1-3H3/b10-7-,11-8-,18-16-,19-17-,24-22-,25-23-,30-28-,31-29-,34-33-,38-37-,41-39-,44-42-,47-45-,50-48-. The first-order chi connectivity index (χ1) is 36.5. The van der Waals surface area contributed by atoms with Crippen LogP contribution in [-0.4, -0.2) is 37.2 Å². The van der Waals surface area contributed by atoms with E-state index < -0.39 is 6.10 Å². The second-order valence-corrected chi connectivity index (χ2v) is 18.4. The highest BCUT2D eigenvalue weighted by atomic mass is 16.6. The minimum atomic E-state index is -0.816. The average molecular weight is 1020 g/mol. The maximum atomic E-state index is 12.8. The number of carbonyl (C=O) groups is 3. The van der Waals surface area contributed by atoms with Crippen molar-refractivity contribution in [2.75, 3.05) is 13.2 Å². The summed E-state index contributed by atoms with van der Waals surface area (Å²) in [4.78, 5) is 37.9. The molecule has 0 aromatic carbocycles. The van der Waals surface area contributed by atoms with E-state index in [1.165, 1.54) is 19.3 Å². The van der Waals surface area contributed by atoms with Crippen molar-refractivity contribution in [3.63, 3.8) is 0 Å². The van der Waals surface area contributed by atoms with Crippen LogP contribution in [0.1, 0.15) is 220 Å². The van der Waals surface area contributed by atoms with E-state index in [0.717, 1.165) is 154 Å². The first kappa shape index (κ1) is 68.8. The topological polar surface area (TPSA) is 78.9 Å². The van der Waals surface area contributed by atoms with Crippen LogP contribution >= 0.6 is 0 Å². The van der Waals surface area contributed by atoms with Crippen molar-refractivity contribution < 1.29 is 28.6 Å². The maximum absolute atomic E-state index is 12.8. The molecule has 6 nitrogen and oxygen atoms in total. The zero-order valence-corrected chi connectivity index (χ0v) is 47.0. The van der Waals surface area contributed by atoms with Gasteiger partial charge in [-0.25, -0.2) is 0 Å². The van der Waals surface area contributed by atoms with Crippen LogP contribution in [0.2, 0.25) is 0 Å². The summed E-state index contributed by atoms with van der Waals surface area (Å²) in [6.45, 7) is 6.27. The van der Waals surface area contributed by atoms with E-state index in [-0.39, 0.29) is 44.0 Å². The molecule has 0 aliphatic heterocycles. The van der Waals surface area contributed by atoms with Crippen LogP contribution in [0.25, 0.3) is 0 Å². The summed E-state index contributed by atoms with van der Waals surface area (Å²) in [5.74, 6) is -1.00. The summed E-state index contributed by atoms with van der Waals surface area (Å²) in [6.07, 6.45) is 89.5. The SMILES string of the molecule is CC/C=C\C/C=C\C/C=C\C/C=C\C/C=C\C/C=C\C/C=C\C/C=C\CCCCC(=O)OCC(COC(=O)CCCCCCCC)OC(=O)CCCCCC/C=C\C/C=C\C/C=C\C/C=C\C/C=C\C/C=C\CC. The summed E-state index contributed by atoms with van der Waals surface area (Å²) < 4.78 is 16.7. The molecule has 0 N–H and O–H groups in total. The van der Waals surface area contributed by atoms with Crippen LogP contribution in [0.4, 0.5) is 0 Å². The number of hydrogen-bond acceptors (Lipinski definition) is 6. The zero-order chi connectivity index (χ0) is 53.6. The normalized spacial score (nSPS) is 13.4. The van der Waals surface area contributed by atoms with Gasteiger partial charge in [0.15, 0.2) is 6.10 Å². The minimum absolute atomic E-state index is 0.111. The van der Waals surface area contributed by atoms with E-state index in [2.05, 4.69) is 191 Å². The van der Waals surface area contributed by atoms with E-state index in [1.54, 1.807) is 0 Å². The minimum Gasteiger partial charge on any atom is -0.462 e. The molecule has 1 unspecified atom stereocenters. The third-order valence-corrected chi connectivity index (χ3v) is 11.5. The van der Waals surface area contributed by atoms with Gasteiger partial charge in [0, 0.05) is 19.3 Å². The molecule has 0 aliphatic rings. The monoisotopic (exact) mass is 1020 g/mol. The molecule has 0 fully saturated rings. The van der Waals surface area contributed by atoms with Gasteiger partial charge in [-0.3, -0.25) is 14.4 Å². The number of unbranched alkanes of at least 4 members (excludes halogenated alkanes) is 11. The number of ether oxygens (including phenoxy) is 3. The third kappa shape index (κ3) is 57.7. The van der Waals surface area contributed by atoms with Crippen LogP contribution in [0.3, 0.4) is 0 Å². The Kier molecular flexibility index (Phi) is 56.1. The molecule has 1 atom stereocenters. The van der Waals surface area contributed by atoms with Crippen molar-refractivity contribution >= 4 is 17.9 Å². The second-order valence-electron chi connectivity index (χ2n) is 18.4. The lowest BCUT2D eigenvalue weighted by molar-refractivity contribution is -0.167. The van der Waals surface area contributed by atoms with E-state index >= 15 is 0 Å². The predicted molar refractivity (Wildman–Crippen MR) is 320 cm³/mol. The summed E-state index contributed by atoms with van der Waals surface area (Å²) in [6, 6.07) is 0. The zero-order valence-electron chi connectivity index (χ0n) is 47.0. The third-order valence-electron chi connectivity index (χ3n) is 11.5. The van der Waals surface area contributed by atoms with Crippen LogP contribution in [0, 0.1) is 0 Å². The highest BCUT2D eigenvalue weighted by molar-refractivity contribution is 5.71. The Balaban J connectivity index is 4.34. The van der Waals surface area contributed by atoms with Crippen molar-refractivity contribution in [2.24, 2.45) is 0 Å². The van der Waals surface area contributed by atoms with Gasteiger partial charge in [0.05, 0.1) is 0 Å². The highest BCUT2D eigenvalue weighted by Gasteiger charge is 2.19. The van der Waals surface area contributed by atoms with Gasteiger partial charge < -0.3 is 14.2 Å². The Bertz CT molecular complexity index is 1740. The van der Waals surface area contributed by atoms with Crippen molar-refractivity contribution in [1.82, 2.24) is 0 Å².